The summed E-state index contributed by atoms with van der Waals surface area (Å²) in [6.07, 6.45) is 0. The van der Waals surface area contributed by atoms with Crippen LogP contribution in [0.1, 0.15) is 16.1 Å². The summed E-state index contributed by atoms with van der Waals surface area (Å²) in [6, 6.07) is 15.0. The highest BCUT2D eigenvalue weighted by molar-refractivity contribution is 9.10. The Bertz CT molecular complexity index is 1100. The molecule has 0 saturated carbocycles. The lowest BCUT2D eigenvalue weighted by molar-refractivity contribution is 0.0596. The van der Waals surface area contributed by atoms with Crippen LogP contribution >= 0.6 is 15.9 Å². The Morgan fingerprint density at radius 2 is 1.85 bits per heavy atom. The van der Waals surface area contributed by atoms with Gasteiger partial charge in [-0.15, -0.1) is 0 Å². The molecule has 0 amide bonds. The molecule has 0 unspecified atom stereocenters. The van der Waals surface area contributed by atoms with E-state index in [-0.39, 0.29) is 16.3 Å². The number of aromatic nitrogens is 2. The zero-order chi connectivity index (χ0) is 19.6. The van der Waals surface area contributed by atoms with E-state index in [0.717, 1.165) is 0 Å². The second-order valence-corrected chi connectivity index (χ2v) is 8.22. The Kier molecular flexibility index (Phi) is 5.33. The number of halogens is 1. The third-order valence-corrected chi connectivity index (χ3v) is 5.61. The number of nitrogens with zero attached hydrogens (tertiary/aromatic N) is 2. The number of aryl methyl sites for hydroxylation is 1. The highest BCUT2D eigenvalue weighted by atomic mass is 79.9. The Morgan fingerprint density at radius 1 is 1.15 bits per heavy atom. The molecule has 140 valence electrons. The van der Waals surface area contributed by atoms with Crippen molar-refractivity contribution in [2.45, 2.75) is 11.8 Å². The topological polar surface area (TPSA) is 90.3 Å². The predicted octanol–water partition coefficient (Wildman–Crippen LogP) is 3.53. The van der Waals surface area contributed by atoms with Crippen molar-refractivity contribution < 1.29 is 17.9 Å². The largest absolute Gasteiger partial charge is 0.465 e. The number of esters is 1. The zero-order valence-electron chi connectivity index (χ0n) is 14.5. The van der Waals surface area contributed by atoms with Crippen LogP contribution in [0.4, 0.5) is 5.82 Å². The number of hydrogen-bond donors (Lipinski definition) is 1. The average Bonchev–Trinajstić information content (AvgIpc) is 3.01. The molecule has 2 aromatic carbocycles. The molecule has 1 heterocycles. The normalized spacial score (nSPS) is 11.2. The molecule has 0 aliphatic heterocycles. The number of sulfonamides is 1. The van der Waals surface area contributed by atoms with E-state index in [1.807, 2.05) is 30.3 Å². The van der Waals surface area contributed by atoms with Crippen molar-refractivity contribution in [1.29, 1.82) is 0 Å². The lowest BCUT2D eigenvalue weighted by Crippen LogP contribution is -2.19. The van der Waals surface area contributed by atoms with Crippen LogP contribution < -0.4 is 4.72 Å². The first kappa shape index (κ1) is 19.1. The molecule has 7 nitrogen and oxygen atoms in total. The molecule has 9 heteroatoms. The minimum atomic E-state index is -4.07. The smallest absolute Gasteiger partial charge is 0.339 e. The predicted molar refractivity (Wildman–Crippen MR) is 105 cm³/mol. The van der Waals surface area contributed by atoms with Gasteiger partial charge >= 0.3 is 5.97 Å². The molecule has 0 radical (unpaired) electrons. The first-order valence-electron chi connectivity index (χ1n) is 7.84. The number of anilines is 1. The van der Waals surface area contributed by atoms with E-state index in [0.29, 0.717) is 15.9 Å². The highest BCUT2D eigenvalue weighted by Gasteiger charge is 2.25. The molecule has 0 atom stereocenters. The highest BCUT2D eigenvalue weighted by Crippen LogP contribution is 2.25. The van der Waals surface area contributed by atoms with Crippen molar-refractivity contribution in [3.8, 4) is 5.69 Å². The number of rotatable bonds is 5. The third kappa shape index (κ3) is 4.04. The van der Waals surface area contributed by atoms with Gasteiger partial charge in [-0.2, -0.15) is 5.10 Å². The molecule has 3 rings (SSSR count). The lowest BCUT2D eigenvalue weighted by atomic mass is 10.2. The fourth-order valence-electron chi connectivity index (χ4n) is 2.54. The molecule has 0 saturated heterocycles. The van der Waals surface area contributed by atoms with E-state index in [9.17, 15) is 13.2 Å². The van der Waals surface area contributed by atoms with Gasteiger partial charge in [0.15, 0.2) is 0 Å². The zero-order valence-corrected chi connectivity index (χ0v) is 16.9. The third-order valence-electron chi connectivity index (χ3n) is 3.71. The van der Waals surface area contributed by atoms with E-state index in [2.05, 4.69) is 25.8 Å². The van der Waals surface area contributed by atoms with E-state index < -0.39 is 16.0 Å². The molecule has 27 heavy (non-hydrogen) atoms. The van der Waals surface area contributed by atoms with Crippen molar-refractivity contribution >= 4 is 37.7 Å². The van der Waals surface area contributed by atoms with Gasteiger partial charge in [0.2, 0.25) is 0 Å². The van der Waals surface area contributed by atoms with E-state index >= 15 is 0 Å². The molecular formula is C18H16BrN3O4S. The van der Waals surface area contributed by atoms with Crippen LogP contribution in [0.2, 0.25) is 0 Å². The maximum absolute atomic E-state index is 13.0. The van der Waals surface area contributed by atoms with Crippen LogP contribution in [0.25, 0.3) is 5.69 Å². The average molecular weight is 450 g/mol. The summed E-state index contributed by atoms with van der Waals surface area (Å²) in [5, 5.41) is 4.34. The van der Waals surface area contributed by atoms with Gasteiger partial charge in [0, 0.05) is 10.5 Å². The van der Waals surface area contributed by atoms with Gasteiger partial charge < -0.3 is 4.74 Å². The van der Waals surface area contributed by atoms with E-state index in [1.54, 1.807) is 19.1 Å². The summed E-state index contributed by atoms with van der Waals surface area (Å²) >= 11 is 3.24. The molecule has 0 bridgehead atoms. The number of ether oxygens (including phenoxy) is 1. The second-order valence-electron chi connectivity index (χ2n) is 5.66. The van der Waals surface area contributed by atoms with E-state index in [4.69, 9.17) is 4.74 Å². The SMILES string of the molecule is COC(=O)c1cc(Br)ccc1S(=O)(=O)Nc1cc(C)nn1-c1ccccc1. The number of methoxy groups -OCH3 is 1. The minimum Gasteiger partial charge on any atom is -0.465 e. The van der Waals surface area contributed by atoms with Crippen LogP contribution in [0.3, 0.4) is 0 Å². The summed E-state index contributed by atoms with van der Waals surface area (Å²) in [7, 11) is -2.87. The molecule has 1 N–H and O–H groups in total. The van der Waals surface area contributed by atoms with Crippen molar-refractivity contribution in [3.63, 3.8) is 0 Å². The van der Waals surface area contributed by atoms with Gasteiger partial charge in [-0.05, 0) is 37.3 Å². The summed E-state index contributed by atoms with van der Waals surface area (Å²) in [6.45, 7) is 1.76. The number of hydrogen-bond acceptors (Lipinski definition) is 5. The first-order valence-corrected chi connectivity index (χ1v) is 10.1. The van der Waals surface area contributed by atoms with Gasteiger partial charge in [-0.1, -0.05) is 34.1 Å². The van der Waals surface area contributed by atoms with Crippen LogP contribution in [-0.2, 0) is 14.8 Å². The Morgan fingerprint density at radius 3 is 2.52 bits per heavy atom. The monoisotopic (exact) mass is 449 g/mol. The van der Waals surface area contributed by atoms with Gasteiger partial charge in [0.25, 0.3) is 10.0 Å². The van der Waals surface area contributed by atoms with Crippen LogP contribution in [-0.4, -0.2) is 31.3 Å². The van der Waals surface area contributed by atoms with E-state index in [1.165, 1.54) is 23.9 Å². The van der Waals surface area contributed by atoms with Gasteiger partial charge in [0.05, 0.1) is 24.1 Å². The molecule has 1 aromatic heterocycles. The first-order chi connectivity index (χ1) is 12.8. The molecular weight excluding hydrogens is 434 g/mol. The van der Waals surface area contributed by atoms with Gasteiger partial charge in [-0.25, -0.2) is 17.9 Å². The summed E-state index contributed by atoms with van der Waals surface area (Å²) < 4.78 is 35.2. The summed E-state index contributed by atoms with van der Waals surface area (Å²) in [5.41, 5.74) is 1.27. The van der Waals surface area contributed by atoms with Crippen LogP contribution in [0.15, 0.2) is 64.0 Å². The van der Waals surface area contributed by atoms with Crippen LogP contribution in [0.5, 0.6) is 0 Å². The fraction of sp³-hybridized carbons (Fsp3) is 0.111. The number of carbonyl (C=O) groups excluding carboxylic acids is 1. The van der Waals surface area contributed by atoms with Gasteiger partial charge in [0.1, 0.15) is 10.7 Å². The fourth-order valence-corrected chi connectivity index (χ4v) is 4.11. The molecule has 0 fully saturated rings. The standard InChI is InChI=1S/C18H16BrN3O4S/c1-12-10-17(22(20-12)14-6-4-3-5-7-14)21-27(24,25)16-9-8-13(19)11-15(16)18(23)26-2/h3-11,21H,1-2H3. The summed E-state index contributed by atoms with van der Waals surface area (Å²) in [5.74, 6) is -0.484. The quantitative estimate of drug-likeness (QED) is 0.601. The molecule has 3 aromatic rings. The van der Waals surface area contributed by atoms with Crippen LogP contribution in [0, 0.1) is 6.92 Å². The minimum absolute atomic E-state index is 0.0677. The molecule has 0 aliphatic carbocycles. The van der Waals surface area contributed by atoms with Crippen molar-refractivity contribution in [3.05, 3.63) is 70.3 Å². The number of nitrogens with one attached hydrogen (secondary N) is 1. The lowest BCUT2D eigenvalue weighted by Gasteiger charge is -2.13. The van der Waals surface area contributed by atoms with Crippen molar-refractivity contribution in [2.75, 3.05) is 11.8 Å². The van der Waals surface area contributed by atoms with Crippen molar-refractivity contribution in [2.24, 2.45) is 0 Å². The Balaban J connectivity index is 2.06. The van der Waals surface area contributed by atoms with Gasteiger partial charge in [-0.3, -0.25) is 4.72 Å². The molecule has 0 aliphatic rings. The maximum atomic E-state index is 13.0. The summed E-state index contributed by atoms with van der Waals surface area (Å²) in [4.78, 5) is 11.8. The number of benzene rings is 2. The Hall–Kier alpha value is -2.65. The Labute approximate surface area is 165 Å². The number of carbonyl (C=O) groups is 1. The number of para-hydroxylation sites is 1. The molecule has 0 spiro atoms. The van der Waals surface area contributed by atoms with Crippen molar-refractivity contribution in [1.82, 2.24) is 9.78 Å². The maximum Gasteiger partial charge on any atom is 0.339 e. The second kappa shape index (κ2) is 7.53.